The number of sulfonamides is 1. The normalized spacial score (nSPS) is 22.5. The Bertz CT molecular complexity index is 1470. The van der Waals surface area contributed by atoms with E-state index in [9.17, 15) is 27.5 Å². The van der Waals surface area contributed by atoms with Gasteiger partial charge in [0.2, 0.25) is 0 Å². The smallest absolute Gasteiger partial charge is 0.317 e. The van der Waals surface area contributed by atoms with Crippen molar-refractivity contribution in [1.29, 1.82) is 0 Å². The van der Waals surface area contributed by atoms with Crippen LogP contribution in [0.1, 0.15) is 82.5 Å². The summed E-state index contributed by atoms with van der Waals surface area (Å²) in [7, 11) is -2.34. The van der Waals surface area contributed by atoms with Gasteiger partial charge in [-0.2, -0.15) is 0 Å². The maximum absolute atomic E-state index is 14.3. The number of fused-ring (bicyclic) bond motifs is 1. The highest BCUT2D eigenvalue weighted by molar-refractivity contribution is 7.92. The molecule has 13 heteroatoms. The maximum Gasteiger partial charge on any atom is 0.317 e. The molecule has 2 aromatic rings. The number of anilines is 1. The molecule has 4 atom stereocenters. The van der Waals surface area contributed by atoms with Crippen LogP contribution >= 0.6 is 0 Å². The topological polar surface area (TPSA) is 138 Å². The van der Waals surface area contributed by atoms with Gasteiger partial charge in [-0.15, -0.1) is 0 Å². The van der Waals surface area contributed by atoms with Crippen molar-refractivity contribution in [2.24, 2.45) is 5.92 Å². The van der Waals surface area contributed by atoms with E-state index in [1.807, 2.05) is 13.8 Å². The second kappa shape index (κ2) is 17.3. The van der Waals surface area contributed by atoms with Gasteiger partial charge in [0.1, 0.15) is 11.6 Å². The van der Waals surface area contributed by atoms with Gasteiger partial charge in [0, 0.05) is 44.4 Å². The molecule has 0 bridgehead atoms. The lowest BCUT2D eigenvalue weighted by Crippen LogP contribution is -2.50. The van der Waals surface area contributed by atoms with Crippen LogP contribution in [0, 0.1) is 11.7 Å². The molecule has 0 spiro atoms. The number of nitrogens with one attached hydrogen (secondary N) is 2. The summed E-state index contributed by atoms with van der Waals surface area (Å²) in [4.78, 5) is 30.5. The van der Waals surface area contributed by atoms with Crippen LogP contribution in [0.25, 0.3) is 0 Å². The van der Waals surface area contributed by atoms with Crippen LogP contribution in [0.4, 0.5) is 14.9 Å². The number of benzene rings is 2. The summed E-state index contributed by atoms with van der Waals surface area (Å²) in [5, 5.41) is 13.4. The summed E-state index contributed by atoms with van der Waals surface area (Å²) < 4.78 is 54.7. The van der Waals surface area contributed by atoms with E-state index >= 15 is 0 Å². The zero-order valence-corrected chi connectivity index (χ0v) is 29.3. The van der Waals surface area contributed by atoms with Gasteiger partial charge < -0.3 is 29.7 Å². The second-order valence-electron chi connectivity index (χ2n) is 13.2. The molecule has 0 aromatic heterocycles. The lowest BCUT2D eigenvalue weighted by Gasteiger charge is -2.36. The Balaban J connectivity index is 1.61. The molecule has 1 heterocycles. The molecule has 3 amide bonds. The molecule has 4 rings (SSSR count). The van der Waals surface area contributed by atoms with Crippen molar-refractivity contribution in [2.75, 3.05) is 38.1 Å². The molecule has 1 fully saturated rings. The van der Waals surface area contributed by atoms with Crippen molar-refractivity contribution in [2.45, 2.75) is 101 Å². The van der Waals surface area contributed by atoms with E-state index in [-0.39, 0.29) is 53.4 Å². The number of likely N-dealkylation sites (N-methyl/N-ethyl adjacent to an activating group) is 1. The fraction of sp³-hybridized carbons (Fsp3) is 0.600. The van der Waals surface area contributed by atoms with E-state index in [4.69, 9.17) is 9.47 Å². The Morgan fingerprint density at radius 1 is 1.06 bits per heavy atom. The third kappa shape index (κ3) is 10.3. The summed E-state index contributed by atoms with van der Waals surface area (Å²) in [5.74, 6) is -0.956. The van der Waals surface area contributed by atoms with Gasteiger partial charge in [0.05, 0.1) is 35.3 Å². The molecule has 266 valence electrons. The number of aliphatic hydroxyl groups excluding tert-OH is 1. The Morgan fingerprint density at radius 3 is 2.44 bits per heavy atom. The van der Waals surface area contributed by atoms with E-state index in [0.29, 0.717) is 25.3 Å². The third-order valence-electron chi connectivity index (χ3n) is 9.16. The van der Waals surface area contributed by atoms with E-state index in [0.717, 1.165) is 62.8 Å². The molecule has 48 heavy (non-hydrogen) atoms. The average molecular weight is 691 g/mol. The van der Waals surface area contributed by atoms with E-state index in [1.165, 1.54) is 18.6 Å². The van der Waals surface area contributed by atoms with E-state index in [1.54, 1.807) is 29.8 Å². The quantitative estimate of drug-likeness (QED) is 0.338. The summed E-state index contributed by atoms with van der Waals surface area (Å²) >= 11 is 0. The van der Waals surface area contributed by atoms with Gasteiger partial charge in [0.25, 0.3) is 15.9 Å². The lowest BCUT2D eigenvalue weighted by molar-refractivity contribution is -0.0123. The highest BCUT2D eigenvalue weighted by Gasteiger charge is 2.31. The van der Waals surface area contributed by atoms with Gasteiger partial charge in [-0.25, -0.2) is 17.6 Å². The molecule has 1 aliphatic carbocycles. The SMILES string of the molecule is C[C@@H]1CCCCO[C@@H](CN(C)C(=O)NC2CCCCC2)[C@@H](C)CN([C@@H](C)CO)C(=O)c2cc(NS(=O)(=O)c3ccc(F)cc3)ccc2O1. The lowest BCUT2D eigenvalue weighted by atomic mass is 9.96. The maximum atomic E-state index is 14.3. The van der Waals surface area contributed by atoms with Gasteiger partial charge in [-0.05, 0) is 88.4 Å². The van der Waals surface area contributed by atoms with E-state index in [2.05, 4.69) is 10.0 Å². The Morgan fingerprint density at radius 2 is 1.75 bits per heavy atom. The molecule has 1 aliphatic heterocycles. The molecule has 0 radical (unpaired) electrons. The number of urea groups is 1. The molecule has 0 unspecified atom stereocenters. The Hall–Kier alpha value is -3.42. The van der Waals surface area contributed by atoms with Crippen molar-refractivity contribution >= 4 is 27.6 Å². The molecule has 1 saturated carbocycles. The first kappa shape index (κ1) is 37.4. The largest absolute Gasteiger partial charge is 0.490 e. The molecule has 3 N–H and O–H groups in total. The van der Waals surface area contributed by atoms with Crippen molar-refractivity contribution < 1.29 is 37.0 Å². The minimum absolute atomic E-state index is 0.125. The number of hydrogen-bond donors (Lipinski definition) is 3. The minimum Gasteiger partial charge on any atom is -0.490 e. The summed E-state index contributed by atoms with van der Waals surface area (Å²) in [5.41, 5.74) is 0.257. The van der Waals surface area contributed by atoms with Crippen LogP contribution in [0.5, 0.6) is 5.75 Å². The minimum atomic E-state index is -4.09. The molecule has 2 aliphatic rings. The molecular weight excluding hydrogens is 639 g/mol. The number of ether oxygens (including phenoxy) is 2. The fourth-order valence-electron chi connectivity index (χ4n) is 6.16. The predicted octanol–water partition coefficient (Wildman–Crippen LogP) is 5.40. The highest BCUT2D eigenvalue weighted by Crippen LogP contribution is 2.30. The van der Waals surface area contributed by atoms with Crippen LogP contribution < -0.4 is 14.8 Å². The van der Waals surface area contributed by atoms with Crippen molar-refractivity contribution in [3.8, 4) is 5.75 Å². The fourth-order valence-corrected chi connectivity index (χ4v) is 7.21. The van der Waals surface area contributed by atoms with Gasteiger partial charge >= 0.3 is 6.03 Å². The highest BCUT2D eigenvalue weighted by atomic mass is 32.2. The zero-order chi connectivity index (χ0) is 34.8. The van der Waals surface area contributed by atoms with Crippen LogP contribution in [0.15, 0.2) is 47.4 Å². The number of amides is 3. The number of aliphatic hydroxyl groups is 1. The summed E-state index contributed by atoms with van der Waals surface area (Å²) in [6, 6.07) is 8.38. The van der Waals surface area contributed by atoms with Crippen LogP contribution in [-0.4, -0.2) is 92.9 Å². The predicted molar refractivity (Wildman–Crippen MR) is 182 cm³/mol. The van der Waals surface area contributed by atoms with Gasteiger partial charge in [-0.3, -0.25) is 9.52 Å². The molecule has 0 saturated heterocycles. The number of nitrogens with zero attached hydrogens (tertiary/aromatic N) is 2. The number of rotatable bonds is 8. The number of halogens is 1. The van der Waals surface area contributed by atoms with Crippen molar-refractivity contribution in [3.63, 3.8) is 0 Å². The summed E-state index contributed by atoms with van der Waals surface area (Å²) in [6.07, 6.45) is 7.00. The van der Waals surface area contributed by atoms with Gasteiger partial charge in [0.15, 0.2) is 0 Å². The molecular formula is C35H51FN4O7S. The third-order valence-corrected chi connectivity index (χ3v) is 10.6. The zero-order valence-electron chi connectivity index (χ0n) is 28.5. The Kier molecular flexibility index (Phi) is 13.5. The van der Waals surface area contributed by atoms with Crippen LogP contribution in [0.3, 0.4) is 0 Å². The second-order valence-corrected chi connectivity index (χ2v) is 14.9. The van der Waals surface area contributed by atoms with Crippen molar-refractivity contribution in [3.05, 3.63) is 53.8 Å². The first-order valence-corrected chi connectivity index (χ1v) is 18.5. The Labute approximate surface area is 284 Å². The van der Waals surface area contributed by atoms with Crippen LogP contribution in [0.2, 0.25) is 0 Å². The molecule has 2 aromatic carbocycles. The number of hydrogen-bond acceptors (Lipinski definition) is 7. The first-order chi connectivity index (χ1) is 22.9. The van der Waals surface area contributed by atoms with E-state index < -0.39 is 33.9 Å². The average Bonchev–Trinajstić information content (AvgIpc) is 3.06. The standard InChI is InChI=1S/C35H51FN4O7S/c1-24-21-40(25(2)23-41)34(42)31-20-29(38-48(44,45)30-16-13-27(36)14-17-30)15-18-32(31)47-26(3)10-8-9-19-46-33(24)22-39(4)35(43)37-28-11-6-5-7-12-28/h13-18,20,24-26,28,33,38,41H,5-12,19,21-23H2,1-4H3,(H,37,43)/t24-,25-,26+,33-/m0/s1. The summed E-state index contributed by atoms with van der Waals surface area (Å²) in [6.45, 7) is 6.29. The number of carbonyl (C=O) groups excluding carboxylic acids is 2. The van der Waals surface area contributed by atoms with Crippen LogP contribution in [-0.2, 0) is 14.8 Å². The first-order valence-electron chi connectivity index (χ1n) is 17.0. The molecule has 11 nitrogen and oxygen atoms in total. The monoisotopic (exact) mass is 690 g/mol. The number of carbonyl (C=O) groups is 2. The van der Waals surface area contributed by atoms with Crippen molar-refractivity contribution in [1.82, 2.24) is 15.1 Å². The van der Waals surface area contributed by atoms with Gasteiger partial charge in [-0.1, -0.05) is 26.2 Å².